The number of aliphatic hydroxyl groups excluding tert-OH is 1. The molecule has 0 spiro atoms. The molecule has 4 aliphatic rings. The van der Waals surface area contributed by atoms with Crippen LogP contribution in [0, 0.1) is 46.3 Å². The van der Waals surface area contributed by atoms with Crippen molar-refractivity contribution in [1.29, 1.82) is 0 Å². The van der Waals surface area contributed by atoms with E-state index in [0.29, 0.717) is 35.5 Å². The number of ether oxygens (including phenoxy) is 1. The highest BCUT2D eigenvalue weighted by Crippen LogP contribution is 2.67. The summed E-state index contributed by atoms with van der Waals surface area (Å²) in [7, 11) is 1.47. The first kappa shape index (κ1) is 20.4. The van der Waals surface area contributed by atoms with E-state index in [9.17, 15) is 9.90 Å². The van der Waals surface area contributed by atoms with Crippen molar-refractivity contribution in [2.24, 2.45) is 46.3 Å². The molecule has 0 heterocycles. The van der Waals surface area contributed by atoms with Crippen molar-refractivity contribution < 1.29 is 14.6 Å². The molecular formula is C25H40O3. The van der Waals surface area contributed by atoms with Gasteiger partial charge in [-0.25, -0.2) is 0 Å². The highest BCUT2D eigenvalue weighted by atomic mass is 16.5. The number of carbonyl (C=O) groups excluding carboxylic acids is 1. The normalized spacial score (nSPS) is 48.3. The van der Waals surface area contributed by atoms with Crippen LogP contribution in [-0.2, 0) is 9.53 Å². The molecule has 3 nitrogen and oxygen atoms in total. The zero-order valence-electron chi connectivity index (χ0n) is 18.3. The van der Waals surface area contributed by atoms with E-state index in [2.05, 4.69) is 32.9 Å². The van der Waals surface area contributed by atoms with Crippen LogP contribution in [-0.4, -0.2) is 24.3 Å². The Kier molecular flexibility index (Phi) is 5.44. The maximum atomic E-state index is 11.6. The minimum Gasteiger partial charge on any atom is -0.469 e. The lowest BCUT2D eigenvalue weighted by Crippen LogP contribution is -2.57. The summed E-state index contributed by atoms with van der Waals surface area (Å²) in [5.74, 6) is 3.70. The fraction of sp³-hybridized carbons (Fsp3) is 0.880. The second-order valence-corrected chi connectivity index (χ2v) is 10.9. The van der Waals surface area contributed by atoms with Gasteiger partial charge in [0.25, 0.3) is 0 Å². The number of rotatable bonds is 4. The molecule has 4 aliphatic carbocycles. The third-order valence-corrected chi connectivity index (χ3v) is 10.1. The van der Waals surface area contributed by atoms with E-state index in [-0.39, 0.29) is 17.5 Å². The molecule has 0 aromatic carbocycles. The Labute approximate surface area is 171 Å². The van der Waals surface area contributed by atoms with Crippen molar-refractivity contribution in [3.63, 3.8) is 0 Å². The smallest absolute Gasteiger partial charge is 0.305 e. The van der Waals surface area contributed by atoms with Crippen LogP contribution in [0.1, 0.15) is 78.6 Å². The zero-order chi connectivity index (χ0) is 20.1. The van der Waals surface area contributed by atoms with Crippen molar-refractivity contribution >= 4 is 5.97 Å². The lowest BCUT2D eigenvalue weighted by molar-refractivity contribution is -0.159. The number of esters is 1. The van der Waals surface area contributed by atoms with Gasteiger partial charge in [0.2, 0.25) is 0 Å². The molecule has 158 valence electrons. The molecule has 0 saturated heterocycles. The number of aliphatic hydroxyl groups is 1. The average Bonchev–Trinajstić information content (AvgIpc) is 3.05. The quantitative estimate of drug-likeness (QED) is 0.520. The first-order valence-corrected chi connectivity index (χ1v) is 11.7. The number of carbonyl (C=O) groups is 1. The van der Waals surface area contributed by atoms with E-state index >= 15 is 0 Å². The van der Waals surface area contributed by atoms with Gasteiger partial charge in [0, 0.05) is 6.42 Å². The lowest BCUT2D eigenvalue weighted by Gasteiger charge is -2.61. The van der Waals surface area contributed by atoms with Crippen LogP contribution in [0.4, 0.5) is 0 Å². The van der Waals surface area contributed by atoms with Crippen LogP contribution in [0.2, 0.25) is 0 Å². The summed E-state index contributed by atoms with van der Waals surface area (Å²) in [6.45, 7) is 7.21. The summed E-state index contributed by atoms with van der Waals surface area (Å²) in [4.78, 5) is 11.6. The van der Waals surface area contributed by atoms with Gasteiger partial charge < -0.3 is 9.84 Å². The molecular weight excluding hydrogens is 348 g/mol. The van der Waals surface area contributed by atoms with Crippen molar-refractivity contribution in [2.75, 3.05) is 7.11 Å². The van der Waals surface area contributed by atoms with E-state index in [4.69, 9.17) is 4.74 Å². The molecule has 0 aromatic heterocycles. The average molecular weight is 389 g/mol. The Morgan fingerprint density at radius 3 is 2.75 bits per heavy atom. The molecule has 3 heteroatoms. The van der Waals surface area contributed by atoms with Gasteiger partial charge in [0.1, 0.15) is 0 Å². The fourth-order valence-electron chi connectivity index (χ4n) is 8.40. The fourth-order valence-corrected chi connectivity index (χ4v) is 8.40. The lowest BCUT2D eigenvalue weighted by atomic mass is 9.44. The Hall–Kier alpha value is -0.830. The third kappa shape index (κ3) is 2.99. The van der Waals surface area contributed by atoms with E-state index in [1.165, 1.54) is 45.6 Å². The van der Waals surface area contributed by atoms with Crippen LogP contribution < -0.4 is 0 Å². The summed E-state index contributed by atoms with van der Waals surface area (Å²) in [5, 5.41) is 11.5. The van der Waals surface area contributed by atoms with Gasteiger partial charge in [-0.15, -0.1) is 0 Å². The van der Waals surface area contributed by atoms with E-state index in [1.54, 1.807) is 0 Å². The molecule has 3 saturated carbocycles. The number of hydrogen-bond donors (Lipinski definition) is 1. The Balaban J connectivity index is 1.55. The van der Waals surface area contributed by atoms with E-state index in [1.807, 2.05) is 0 Å². The van der Waals surface area contributed by atoms with Gasteiger partial charge in [-0.1, -0.05) is 32.9 Å². The van der Waals surface area contributed by atoms with Crippen LogP contribution >= 0.6 is 0 Å². The Morgan fingerprint density at radius 1 is 1.21 bits per heavy atom. The molecule has 9 atom stereocenters. The molecule has 0 amide bonds. The van der Waals surface area contributed by atoms with E-state index in [0.717, 1.165) is 24.7 Å². The van der Waals surface area contributed by atoms with Crippen molar-refractivity contribution in [1.82, 2.24) is 0 Å². The molecule has 28 heavy (non-hydrogen) atoms. The maximum absolute atomic E-state index is 11.6. The predicted molar refractivity (Wildman–Crippen MR) is 112 cm³/mol. The second-order valence-electron chi connectivity index (χ2n) is 10.9. The summed E-state index contributed by atoms with van der Waals surface area (Å²) in [6, 6.07) is 0. The molecule has 0 radical (unpaired) electrons. The van der Waals surface area contributed by atoms with Crippen molar-refractivity contribution in [3.8, 4) is 0 Å². The standard InChI is InChI=1S/C25H40O3/c1-16(8-13-23(27)28-4)19-11-12-20-18-10-9-17-7-5-6-14-24(17,2)21(18)15-22(26)25(19,20)3/h5,7,16-22,26H,6,8-15H2,1-4H3/t16-,17?,18?,19?,20?,21?,22+,24?,25?/m1/s1. The Morgan fingerprint density at radius 2 is 2.00 bits per heavy atom. The predicted octanol–water partition coefficient (Wildman–Crippen LogP) is 5.37. The Bertz CT molecular complexity index is 627. The number of methoxy groups -OCH3 is 1. The minimum absolute atomic E-state index is 0.0183. The highest BCUT2D eigenvalue weighted by molar-refractivity contribution is 5.69. The van der Waals surface area contributed by atoms with Gasteiger partial charge in [0.15, 0.2) is 0 Å². The maximum Gasteiger partial charge on any atom is 0.305 e. The van der Waals surface area contributed by atoms with Crippen molar-refractivity contribution in [2.45, 2.75) is 84.7 Å². The molecule has 0 aliphatic heterocycles. The summed E-state index contributed by atoms with van der Waals surface area (Å²) in [5.41, 5.74) is 0.402. The van der Waals surface area contributed by atoms with Crippen LogP contribution in [0.15, 0.2) is 12.2 Å². The first-order chi connectivity index (χ1) is 13.3. The topological polar surface area (TPSA) is 46.5 Å². The summed E-state index contributed by atoms with van der Waals surface area (Å²) in [6.07, 6.45) is 14.7. The SMILES string of the molecule is COC(=O)CC[C@@H](C)C1CCC2C3CCC4C=CCCC4(C)C3C[C@H](O)C21C. The largest absolute Gasteiger partial charge is 0.469 e. The first-order valence-electron chi connectivity index (χ1n) is 11.7. The number of allylic oxidation sites excluding steroid dienone is 2. The molecule has 3 fully saturated rings. The van der Waals surface area contributed by atoms with Gasteiger partial charge in [0.05, 0.1) is 13.2 Å². The second kappa shape index (κ2) is 7.45. The molecule has 4 rings (SSSR count). The van der Waals surface area contributed by atoms with Gasteiger partial charge in [-0.05, 0) is 97.7 Å². The van der Waals surface area contributed by atoms with Gasteiger partial charge in [-0.2, -0.15) is 0 Å². The van der Waals surface area contributed by atoms with Crippen LogP contribution in [0.3, 0.4) is 0 Å². The van der Waals surface area contributed by atoms with Gasteiger partial charge in [-0.3, -0.25) is 4.79 Å². The highest BCUT2D eigenvalue weighted by Gasteiger charge is 2.63. The zero-order valence-corrected chi connectivity index (χ0v) is 18.3. The molecule has 1 N–H and O–H groups in total. The van der Waals surface area contributed by atoms with Crippen LogP contribution in [0.25, 0.3) is 0 Å². The number of fused-ring (bicyclic) bond motifs is 5. The van der Waals surface area contributed by atoms with Crippen LogP contribution in [0.5, 0.6) is 0 Å². The minimum atomic E-state index is -0.201. The molecule has 0 bridgehead atoms. The summed E-state index contributed by atoms with van der Waals surface area (Å²) < 4.78 is 4.85. The monoisotopic (exact) mass is 388 g/mol. The van der Waals surface area contributed by atoms with Gasteiger partial charge >= 0.3 is 5.97 Å². The molecule has 7 unspecified atom stereocenters. The number of hydrogen-bond acceptors (Lipinski definition) is 3. The van der Waals surface area contributed by atoms with E-state index < -0.39 is 0 Å². The van der Waals surface area contributed by atoms with Crippen molar-refractivity contribution in [3.05, 3.63) is 12.2 Å². The third-order valence-electron chi connectivity index (χ3n) is 10.1. The molecule has 0 aromatic rings. The summed E-state index contributed by atoms with van der Waals surface area (Å²) >= 11 is 0.